The van der Waals surface area contributed by atoms with Crippen LogP contribution >= 0.6 is 11.6 Å². The van der Waals surface area contributed by atoms with Crippen LogP contribution < -0.4 is 5.32 Å². The predicted octanol–water partition coefficient (Wildman–Crippen LogP) is 3.29. The fourth-order valence-corrected chi connectivity index (χ4v) is 2.57. The number of nitrogens with one attached hydrogen (secondary N) is 1. The van der Waals surface area contributed by atoms with Crippen molar-refractivity contribution >= 4 is 23.5 Å². The van der Waals surface area contributed by atoms with Crippen LogP contribution in [0.3, 0.4) is 0 Å². The van der Waals surface area contributed by atoms with Gasteiger partial charge in [-0.3, -0.25) is 4.79 Å². The summed E-state index contributed by atoms with van der Waals surface area (Å²) in [5.41, 5.74) is -0.260. The number of rotatable bonds is 6. The van der Waals surface area contributed by atoms with E-state index in [1.807, 2.05) is 0 Å². The van der Waals surface area contributed by atoms with Crippen LogP contribution in [0.4, 0.5) is 13.2 Å². The minimum atomic E-state index is -4.53. The molecule has 0 bridgehead atoms. The summed E-state index contributed by atoms with van der Waals surface area (Å²) < 4.78 is 42.5. The van der Waals surface area contributed by atoms with Gasteiger partial charge in [-0.1, -0.05) is 35.9 Å². The molecule has 0 heterocycles. The Hall–Kier alpha value is -2.58. The summed E-state index contributed by atoms with van der Waals surface area (Å²) in [7, 11) is 1.15. The molecule has 2 aromatic rings. The van der Waals surface area contributed by atoms with Gasteiger partial charge < -0.3 is 15.2 Å². The zero-order valence-corrected chi connectivity index (χ0v) is 15.4. The Morgan fingerprint density at radius 1 is 1.11 bits per heavy atom. The molecule has 0 saturated heterocycles. The maximum absolute atomic E-state index is 12.6. The fraction of sp³-hybridized carbons (Fsp3) is 0.263. The van der Waals surface area contributed by atoms with Crippen LogP contribution in [0.15, 0.2) is 48.5 Å². The number of amides is 1. The van der Waals surface area contributed by atoms with Crippen molar-refractivity contribution in [1.82, 2.24) is 5.32 Å². The molecule has 2 atom stereocenters. The van der Waals surface area contributed by atoms with Gasteiger partial charge in [0.25, 0.3) is 5.91 Å². The van der Waals surface area contributed by atoms with E-state index in [0.717, 1.165) is 31.4 Å². The van der Waals surface area contributed by atoms with Gasteiger partial charge in [-0.05, 0) is 35.4 Å². The third-order valence-electron chi connectivity index (χ3n) is 3.96. The van der Waals surface area contributed by atoms with Crippen molar-refractivity contribution in [2.24, 2.45) is 0 Å². The summed E-state index contributed by atoms with van der Waals surface area (Å²) in [6, 6.07) is 8.98. The van der Waals surface area contributed by atoms with Crippen molar-refractivity contribution in [3.63, 3.8) is 0 Å². The number of halogens is 4. The Morgan fingerprint density at radius 3 is 2.18 bits per heavy atom. The summed E-state index contributed by atoms with van der Waals surface area (Å²) >= 11 is 5.81. The highest BCUT2D eigenvalue weighted by Crippen LogP contribution is 2.30. The van der Waals surface area contributed by atoms with E-state index in [1.165, 1.54) is 0 Å². The Balaban J connectivity index is 2.11. The van der Waals surface area contributed by atoms with Gasteiger partial charge in [-0.2, -0.15) is 13.2 Å². The summed E-state index contributed by atoms with van der Waals surface area (Å²) in [6.07, 6.45) is -6.20. The maximum Gasteiger partial charge on any atom is 0.416 e. The first-order chi connectivity index (χ1) is 13.1. The number of aliphatic hydroxyl groups is 1. The van der Waals surface area contributed by atoms with Gasteiger partial charge in [0.15, 0.2) is 6.10 Å². The van der Waals surface area contributed by atoms with Gasteiger partial charge >= 0.3 is 12.1 Å². The van der Waals surface area contributed by atoms with Crippen molar-refractivity contribution in [2.75, 3.05) is 7.11 Å². The van der Waals surface area contributed by atoms with Gasteiger partial charge in [0, 0.05) is 11.4 Å². The van der Waals surface area contributed by atoms with Crippen molar-refractivity contribution in [1.29, 1.82) is 0 Å². The largest absolute Gasteiger partial charge is 0.467 e. The first-order valence-electron chi connectivity index (χ1n) is 8.09. The monoisotopic (exact) mass is 415 g/mol. The molecular formula is C19H17ClF3NO4. The van der Waals surface area contributed by atoms with Gasteiger partial charge in [0.2, 0.25) is 0 Å². The van der Waals surface area contributed by atoms with Gasteiger partial charge in [0.05, 0.1) is 12.7 Å². The molecule has 2 N–H and O–H groups in total. The zero-order chi connectivity index (χ0) is 20.9. The van der Waals surface area contributed by atoms with Gasteiger partial charge in [-0.15, -0.1) is 0 Å². The molecular weight excluding hydrogens is 399 g/mol. The molecule has 0 radical (unpaired) electrons. The van der Waals surface area contributed by atoms with E-state index in [1.54, 1.807) is 24.3 Å². The lowest BCUT2D eigenvalue weighted by molar-refractivity contribution is -0.146. The lowest BCUT2D eigenvalue weighted by Crippen LogP contribution is -2.45. The van der Waals surface area contributed by atoms with E-state index in [-0.39, 0.29) is 12.0 Å². The van der Waals surface area contributed by atoms with Crippen molar-refractivity contribution in [3.05, 3.63) is 70.2 Å². The number of benzene rings is 2. The second kappa shape index (κ2) is 9.07. The Bertz CT molecular complexity index is 823. The molecule has 2 aromatic carbocycles. The number of hydrogen-bond donors (Lipinski definition) is 2. The Kier molecular flexibility index (Phi) is 7.04. The molecule has 0 fully saturated rings. The normalized spacial score (nSPS) is 13.5. The maximum atomic E-state index is 12.6. The van der Waals surface area contributed by atoms with Crippen molar-refractivity contribution in [2.45, 2.75) is 24.7 Å². The van der Waals surface area contributed by atoms with Crippen LogP contribution in [0.1, 0.15) is 22.8 Å². The van der Waals surface area contributed by atoms with Crippen LogP contribution in [0.25, 0.3) is 0 Å². The smallest absolute Gasteiger partial charge is 0.416 e. The summed E-state index contributed by atoms with van der Waals surface area (Å²) in [5.74, 6) is -1.67. The van der Waals surface area contributed by atoms with Crippen LogP contribution in [0.2, 0.25) is 5.02 Å². The van der Waals surface area contributed by atoms with E-state index in [9.17, 15) is 27.9 Å². The van der Waals surface area contributed by atoms with E-state index < -0.39 is 35.8 Å². The molecule has 0 aliphatic rings. The van der Waals surface area contributed by atoms with E-state index in [0.29, 0.717) is 10.6 Å². The molecule has 2 rings (SSSR count). The quantitative estimate of drug-likeness (QED) is 0.710. The number of methoxy groups -OCH3 is 1. The summed E-state index contributed by atoms with van der Waals surface area (Å²) in [6.45, 7) is 0. The zero-order valence-electron chi connectivity index (χ0n) is 14.7. The molecule has 5 nitrogen and oxygen atoms in total. The highest BCUT2D eigenvalue weighted by Gasteiger charge is 2.31. The number of alkyl halides is 3. The number of esters is 1. The molecule has 0 spiro atoms. The number of aliphatic hydroxyl groups excluding tert-OH is 1. The standard InChI is InChI=1S/C19H17ClF3NO4/c1-28-18(27)15(10-11-2-8-14(20)9-3-11)24-17(26)16(25)12-4-6-13(7-5-12)19(21,22)23/h2-9,15-16,25H,10H2,1H3,(H,24,26)/t15-,16+/m1/s1. The molecule has 9 heteroatoms. The Morgan fingerprint density at radius 2 is 1.68 bits per heavy atom. The van der Waals surface area contributed by atoms with Crippen LogP contribution in [-0.4, -0.2) is 30.1 Å². The minimum absolute atomic E-state index is 0.0411. The summed E-state index contributed by atoms with van der Waals surface area (Å²) in [4.78, 5) is 24.3. The van der Waals surface area contributed by atoms with E-state index >= 15 is 0 Å². The minimum Gasteiger partial charge on any atom is -0.467 e. The molecule has 0 saturated carbocycles. The lowest BCUT2D eigenvalue weighted by Gasteiger charge is -2.19. The number of ether oxygens (including phenoxy) is 1. The third-order valence-corrected chi connectivity index (χ3v) is 4.21. The first kappa shape index (κ1) is 21.7. The molecule has 150 valence electrons. The molecule has 0 unspecified atom stereocenters. The molecule has 28 heavy (non-hydrogen) atoms. The molecule has 1 amide bonds. The molecule has 0 aliphatic carbocycles. The van der Waals surface area contributed by atoms with Crippen LogP contribution in [0.5, 0.6) is 0 Å². The highest BCUT2D eigenvalue weighted by molar-refractivity contribution is 6.30. The summed E-state index contributed by atoms with van der Waals surface area (Å²) in [5, 5.41) is 13.0. The van der Waals surface area contributed by atoms with E-state index in [2.05, 4.69) is 10.1 Å². The SMILES string of the molecule is COC(=O)[C@@H](Cc1ccc(Cl)cc1)NC(=O)[C@@H](O)c1ccc(C(F)(F)F)cc1. The first-order valence-corrected chi connectivity index (χ1v) is 8.47. The topological polar surface area (TPSA) is 75.6 Å². The van der Waals surface area contributed by atoms with Gasteiger partial charge in [0.1, 0.15) is 6.04 Å². The van der Waals surface area contributed by atoms with Gasteiger partial charge in [-0.25, -0.2) is 4.79 Å². The highest BCUT2D eigenvalue weighted by atomic mass is 35.5. The van der Waals surface area contributed by atoms with Crippen LogP contribution in [0, 0.1) is 0 Å². The van der Waals surface area contributed by atoms with Crippen molar-refractivity contribution in [3.8, 4) is 0 Å². The lowest BCUT2D eigenvalue weighted by atomic mass is 10.0. The second-order valence-electron chi connectivity index (χ2n) is 5.94. The number of carbonyl (C=O) groups is 2. The van der Waals surface area contributed by atoms with Crippen molar-refractivity contribution < 1.29 is 32.6 Å². The molecule has 0 aliphatic heterocycles. The number of hydrogen-bond acceptors (Lipinski definition) is 4. The predicted molar refractivity (Wildman–Crippen MR) is 95.5 cm³/mol. The van der Waals surface area contributed by atoms with E-state index in [4.69, 9.17) is 11.6 Å². The van der Waals surface area contributed by atoms with Crippen LogP contribution in [-0.2, 0) is 26.9 Å². The average molecular weight is 416 g/mol. The average Bonchev–Trinajstić information content (AvgIpc) is 2.67. The fourth-order valence-electron chi connectivity index (χ4n) is 2.45. The molecule has 0 aromatic heterocycles. The third kappa shape index (κ3) is 5.71. The second-order valence-corrected chi connectivity index (χ2v) is 6.37. The number of carbonyl (C=O) groups excluding carboxylic acids is 2. The Labute approximate surface area is 164 Å².